The first kappa shape index (κ1) is 10.1. The van der Waals surface area contributed by atoms with E-state index in [1.807, 2.05) is 0 Å². The molecule has 0 heterocycles. The highest BCUT2D eigenvalue weighted by atomic mass is 28.3. The molecule has 0 aromatic heterocycles. The van der Waals surface area contributed by atoms with Crippen LogP contribution in [0.4, 0.5) is 0 Å². The van der Waals surface area contributed by atoms with E-state index >= 15 is 0 Å². The Balaban J connectivity index is 3.70. The van der Waals surface area contributed by atoms with Crippen LogP contribution in [0.15, 0.2) is 0 Å². The largest absolute Gasteiger partial charge is 0.400 e. The van der Waals surface area contributed by atoms with Crippen molar-refractivity contribution in [1.82, 2.24) is 0 Å². The van der Waals surface area contributed by atoms with E-state index in [4.69, 9.17) is 8.85 Å². The van der Waals surface area contributed by atoms with Crippen LogP contribution in [-0.4, -0.2) is 23.5 Å². The molecule has 0 aliphatic rings. The van der Waals surface area contributed by atoms with Crippen molar-refractivity contribution in [3.63, 3.8) is 0 Å². The molecule has 0 rings (SSSR count). The first-order chi connectivity index (χ1) is 4.79. The molecule has 0 aliphatic heterocycles. The first-order valence-electron chi connectivity index (χ1n) is 3.85. The van der Waals surface area contributed by atoms with Crippen molar-refractivity contribution in [3.8, 4) is 0 Å². The molecule has 10 heavy (non-hydrogen) atoms. The summed E-state index contributed by atoms with van der Waals surface area (Å²) < 4.78 is 10.5. The summed E-state index contributed by atoms with van der Waals surface area (Å²) in [7, 11) is 2.19. The zero-order valence-corrected chi connectivity index (χ0v) is 8.54. The molecule has 0 radical (unpaired) electrons. The Labute approximate surface area is 65.4 Å². The van der Waals surface area contributed by atoms with Crippen LogP contribution >= 0.6 is 0 Å². The monoisotopic (exact) mass is 162 g/mol. The molecule has 0 spiro atoms. The molecule has 0 aliphatic carbocycles. The van der Waals surface area contributed by atoms with Crippen LogP contribution in [0.1, 0.15) is 26.7 Å². The highest BCUT2D eigenvalue weighted by molar-refractivity contribution is 6.46. The zero-order chi connectivity index (χ0) is 7.98. The Morgan fingerprint density at radius 1 is 1.10 bits per heavy atom. The van der Waals surface area contributed by atoms with E-state index in [-0.39, 0.29) is 0 Å². The molecular weight excluding hydrogens is 144 g/mol. The zero-order valence-electron chi connectivity index (χ0n) is 7.39. The van der Waals surface area contributed by atoms with Crippen LogP contribution < -0.4 is 0 Å². The van der Waals surface area contributed by atoms with E-state index in [1.165, 1.54) is 12.8 Å². The van der Waals surface area contributed by atoms with Crippen LogP contribution in [0.25, 0.3) is 0 Å². The summed E-state index contributed by atoms with van der Waals surface area (Å²) in [4.78, 5) is 0. The highest BCUT2D eigenvalue weighted by Crippen LogP contribution is 2.19. The maximum atomic E-state index is 5.26. The van der Waals surface area contributed by atoms with Crippen molar-refractivity contribution in [3.05, 3.63) is 0 Å². The molecule has 0 aromatic rings. The third-order valence-electron chi connectivity index (χ3n) is 1.90. The number of hydrogen-bond donors (Lipinski definition) is 0. The van der Waals surface area contributed by atoms with E-state index < -0.39 is 9.28 Å². The van der Waals surface area contributed by atoms with Crippen molar-refractivity contribution in [2.75, 3.05) is 14.2 Å². The molecule has 0 aromatic carbocycles. The summed E-state index contributed by atoms with van der Waals surface area (Å²) in [6.45, 7) is 4.37. The Hall–Kier alpha value is 0.137. The third-order valence-corrected chi connectivity index (χ3v) is 4.54. The average Bonchev–Trinajstić information content (AvgIpc) is 2.00. The fourth-order valence-electron chi connectivity index (χ4n) is 1.15. The highest BCUT2D eigenvalue weighted by Gasteiger charge is 2.19. The smallest absolute Gasteiger partial charge is 0.324 e. The second-order valence-corrected chi connectivity index (χ2v) is 5.04. The van der Waals surface area contributed by atoms with Gasteiger partial charge in [-0.05, 0) is 5.54 Å². The predicted octanol–water partition coefficient (Wildman–Crippen LogP) is 1.69. The molecule has 2 nitrogen and oxygen atoms in total. The lowest BCUT2D eigenvalue weighted by Gasteiger charge is -2.19. The topological polar surface area (TPSA) is 18.5 Å². The average molecular weight is 162 g/mol. The minimum Gasteiger partial charge on any atom is -0.400 e. The lowest BCUT2D eigenvalue weighted by atomic mass is 10.3. The second-order valence-electron chi connectivity index (χ2n) is 2.42. The Morgan fingerprint density at radius 2 is 1.50 bits per heavy atom. The third kappa shape index (κ3) is 2.81. The Bertz CT molecular complexity index is 60.0. The van der Waals surface area contributed by atoms with Crippen molar-refractivity contribution in [2.45, 2.75) is 32.2 Å². The summed E-state index contributed by atoms with van der Waals surface area (Å²) in [5.41, 5.74) is 0.676. The van der Waals surface area contributed by atoms with Gasteiger partial charge in [0.2, 0.25) is 0 Å². The summed E-state index contributed by atoms with van der Waals surface area (Å²) in [5.74, 6) is 0. The van der Waals surface area contributed by atoms with E-state index in [2.05, 4.69) is 13.8 Å². The molecule has 0 unspecified atom stereocenters. The SMILES string of the molecule is CCC(CC)[SiH](OC)OC. The molecule has 3 heteroatoms. The van der Waals surface area contributed by atoms with Crippen LogP contribution in [0.2, 0.25) is 5.54 Å². The van der Waals surface area contributed by atoms with Crippen molar-refractivity contribution in [1.29, 1.82) is 0 Å². The lowest BCUT2D eigenvalue weighted by Crippen LogP contribution is -2.25. The van der Waals surface area contributed by atoms with Gasteiger partial charge in [0, 0.05) is 14.2 Å². The summed E-state index contributed by atoms with van der Waals surface area (Å²) >= 11 is 0. The van der Waals surface area contributed by atoms with Gasteiger partial charge in [-0.25, -0.2) is 0 Å². The van der Waals surface area contributed by atoms with Gasteiger partial charge in [0.25, 0.3) is 0 Å². The molecular formula is C7H18O2Si. The van der Waals surface area contributed by atoms with Crippen LogP contribution in [-0.2, 0) is 8.85 Å². The Morgan fingerprint density at radius 3 is 1.60 bits per heavy atom. The minimum atomic E-state index is -1.31. The minimum absolute atomic E-state index is 0.676. The van der Waals surface area contributed by atoms with Gasteiger partial charge in [0.15, 0.2) is 0 Å². The molecule has 0 saturated carbocycles. The van der Waals surface area contributed by atoms with E-state index in [1.54, 1.807) is 14.2 Å². The van der Waals surface area contributed by atoms with Gasteiger partial charge in [-0.3, -0.25) is 0 Å². The van der Waals surface area contributed by atoms with Gasteiger partial charge in [-0.1, -0.05) is 26.7 Å². The van der Waals surface area contributed by atoms with Crippen LogP contribution in [0.5, 0.6) is 0 Å². The van der Waals surface area contributed by atoms with Gasteiger partial charge >= 0.3 is 9.28 Å². The van der Waals surface area contributed by atoms with E-state index in [0.717, 1.165) is 0 Å². The molecule has 0 bridgehead atoms. The van der Waals surface area contributed by atoms with Gasteiger partial charge in [-0.15, -0.1) is 0 Å². The van der Waals surface area contributed by atoms with E-state index in [9.17, 15) is 0 Å². The van der Waals surface area contributed by atoms with Gasteiger partial charge in [0.05, 0.1) is 0 Å². The molecule has 0 saturated heterocycles. The summed E-state index contributed by atoms with van der Waals surface area (Å²) in [5, 5.41) is 0. The van der Waals surface area contributed by atoms with Crippen LogP contribution in [0, 0.1) is 0 Å². The predicted molar refractivity (Wildman–Crippen MR) is 45.5 cm³/mol. The molecule has 0 amide bonds. The normalized spacial score (nSPS) is 11.4. The summed E-state index contributed by atoms with van der Waals surface area (Å²) in [6, 6.07) is 0. The van der Waals surface area contributed by atoms with Gasteiger partial charge in [-0.2, -0.15) is 0 Å². The number of hydrogen-bond acceptors (Lipinski definition) is 2. The molecule has 0 fully saturated rings. The standard InChI is InChI=1S/C7H18O2Si/c1-5-7(6-2)10(8-3)9-4/h7,10H,5-6H2,1-4H3. The first-order valence-corrected chi connectivity index (χ1v) is 5.46. The number of rotatable bonds is 5. The maximum absolute atomic E-state index is 5.26. The van der Waals surface area contributed by atoms with Crippen molar-refractivity contribution >= 4 is 9.28 Å². The van der Waals surface area contributed by atoms with Crippen molar-refractivity contribution in [2.24, 2.45) is 0 Å². The molecule has 0 N–H and O–H groups in total. The van der Waals surface area contributed by atoms with E-state index in [0.29, 0.717) is 5.54 Å². The van der Waals surface area contributed by atoms with Crippen LogP contribution in [0.3, 0.4) is 0 Å². The molecule has 0 atom stereocenters. The van der Waals surface area contributed by atoms with Gasteiger partial charge < -0.3 is 8.85 Å². The quantitative estimate of drug-likeness (QED) is 0.573. The summed E-state index contributed by atoms with van der Waals surface area (Å²) in [6.07, 6.45) is 2.35. The second kappa shape index (κ2) is 5.89. The van der Waals surface area contributed by atoms with Gasteiger partial charge in [0.1, 0.15) is 0 Å². The molecule has 62 valence electrons. The maximum Gasteiger partial charge on any atom is 0.324 e. The van der Waals surface area contributed by atoms with Crippen molar-refractivity contribution < 1.29 is 8.85 Å². The fourth-order valence-corrected chi connectivity index (χ4v) is 2.89. The Kier molecular flexibility index (Phi) is 5.97. The fraction of sp³-hybridized carbons (Fsp3) is 1.00. The lowest BCUT2D eigenvalue weighted by molar-refractivity contribution is 0.262.